The molecule has 5 saturated carbocycles. The largest absolute Gasteiger partial charge is 0.396 e. The Kier molecular flexibility index (Phi) is 12.0. The maximum atomic E-state index is 14.5. The highest BCUT2D eigenvalue weighted by Gasteiger charge is 2.80. The minimum absolute atomic E-state index is 0.0420. The van der Waals surface area contributed by atoms with Gasteiger partial charge in [0.2, 0.25) is 0 Å². The number of aliphatic hydroxyl groups excluding tert-OH is 9. The van der Waals surface area contributed by atoms with Crippen LogP contribution in [0, 0.1) is 50.2 Å². The molecule has 23 atom stereocenters. The van der Waals surface area contributed by atoms with Crippen molar-refractivity contribution in [1.82, 2.24) is 0 Å². The zero-order valence-corrected chi connectivity index (χ0v) is 37.7. The molecule has 17 heteroatoms. The van der Waals surface area contributed by atoms with Crippen LogP contribution in [-0.2, 0) is 38.0 Å². The van der Waals surface area contributed by atoms with Crippen LogP contribution in [0.4, 0.5) is 0 Å². The molecule has 63 heavy (non-hydrogen) atoms. The molecule has 9 rings (SSSR count). The SMILES string of the molecule is CC1(C)CC[C@]23CO[C@@]4(CCC5[C@@]6(C)CC[C@H](O[C@@H]7OC[C@H](O[C@@H]8O[C@H](CO)[C@@H](O)[C@H](O)[C@H]8O[C@@H]8OC[C@@H](O)[C@H](O)[C@H]8O)[C@H](O)[C@H]7O)[C@@](C)(CO)C6CC[C@@]5(C)[C@]4(C)CC2=O)C3C1. The average Bonchev–Trinajstić information content (AvgIpc) is 3.52. The Bertz CT molecular complexity index is 1720. The predicted molar refractivity (Wildman–Crippen MR) is 218 cm³/mol. The highest BCUT2D eigenvalue weighted by Crippen LogP contribution is 2.80. The molecule has 0 aromatic carbocycles. The van der Waals surface area contributed by atoms with Crippen LogP contribution in [0.5, 0.6) is 0 Å². The highest BCUT2D eigenvalue weighted by atomic mass is 16.8. The summed E-state index contributed by atoms with van der Waals surface area (Å²) in [6.45, 7) is 12.9. The van der Waals surface area contributed by atoms with E-state index in [0.717, 1.165) is 51.4 Å². The maximum Gasteiger partial charge on any atom is 0.187 e. The van der Waals surface area contributed by atoms with Gasteiger partial charge in [-0.1, -0.05) is 41.5 Å². The summed E-state index contributed by atoms with van der Waals surface area (Å²) in [7, 11) is 0. The zero-order chi connectivity index (χ0) is 45.4. The van der Waals surface area contributed by atoms with Gasteiger partial charge in [-0.05, 0) is 85.9 Å². The van der Waals surface area contributed by atoms with Gasteiger partial charge in [-0.15, -0.1) is 0 Å². The Hall–Kier alpha value is -0.970. The standard InChI is InChI=1S/C46H74O17/c1-40(2)13-14-45-21-59-46(27(45)15-40)12-8-26-41(3)10-9-29(42(4,20-48)25(41)7-11-43(26,5)44(46,6)16-28(45)50)62-37-35(56)32(53)24(19-58-37)61-39-36(33(54)31(52)23(17-47)60-39)63-38-34(55)30(51)22(49)18-57-38/h22-27,29-39,47-49,51-56H,7-21H2,1-6H3/t22-,23-,24+,25?,26?,27?,29+,30+,31-,32+,33+,34-,35-,36-,37+,38+,39+,41+,42+,43-,44+,45-,46+/m1/s1. The number of hydrogen-bond donors (Lipinski definition) is 9. The molecule has 0 amide bonds. The van der Waals surface area contributed by atoms with Crippen LogP contribution in [0.3, 0.4) is 0 Å². The first-order valence-electron chi connectivity index (χ1n) is 23.6. The van der Waals surface area contributed by atoms with E-state index in [2.05, 4.69) is 41.5 Å². The van der Waals surface area contributed by atoms with Crippen molar-refractivity contribution >= 4 is 5.78 Å². The van der Waals surface area contributed by atoms with Gasteiger partial charge in [0.25, 0.3) is 0 Å². The van der Waals surface area contributed by atoms with Crippen molar-refractivity contribution in [2.45, 2.75) is 197 Å². The smallest absolute Gasteiger partial charge is 0.187 e. The molecule has 0 aromatic rings. The van der Waals surface area contributed by atoms with Gasteiger partial charge in [0.05, 0.1) is 50.2 Å². The topological polar surface area (TPSA) is 264 Å². The number of carbonyl (C=O) groups excluding carboxylic acids is 1. The summed E-state index contributed by atoms with van der Waals surface area (Å²) in [6, 6.07) is 0. The lowest BCUT2D eigenvalue weighted by Crippen LogP contribution is -2.73. The minimum Gasteiger partial charge on any atom is -0.396 e. The molecule has 9 N–H and O–H groups in total. The molecule has 360 valence electrons. The van der Waals surface area contributed by atoms with Gasteiger partial charge in [0.15, 0.2) is 18.9 Å². The second-order valence-electron chi connectivity index (χ2n) is 23.0. The van der Waals surface area contributed by atoms with Crippen LogP contribution in [0.15, 0.2) is 0 Å². The molecule has 4 saturated heterocycles. The van der Waals surface area contributed by atoms with Crippen molar-refractivity contribution in [2.24, 2.45) is 50.2 Å². The summed E-state index contributed by atoms with van der Waals surface area (Å²) in [5.41, 5.74) is -2.01. The minimum atomic E-state index is -1.77. The van der Waals surface area contributed by atoms with Gasteiger partial charge in [-0.2, -0.15) is 0 Å². The van der Waals surface area contributed by atoms with E-state index in [1.54, 1.807) is 0 Å². The Balaban J connectivity index is 0.894. The third kappa shape index (κ3) is 6.71. The molecule has 17 nitrogen and oxygen atoms in total. The number of ether oxygens (including phenoxy) is 7. The molecule has 1 spiro atoms. The molecule has 4 heterocycles. The molecule has 0 radical (unpaired) electrons. The predicted octanol–water partition coefficient (Wildman–Crippen LogP) is 0.284. The normalized spacial score (nSPS) is 57.7. The van der Waals surface area contributed by atoms with Crippen molar-refractivity contribution < 1.29 is 83.9 Å². The van der Waals surface area contributed by atoms with Crippen molar-refractivity contribution in [3.05, 3.63) is 0 Å². The van der Waals surface area contributed by atoms with E-state index in [-0.39, 0.29) is 63.6 Å². The first-order chi connectivity index (χ1) is 29.6. The quantitative estimate of drug-likeness (QED) is 0.148. The highest BCUT2D eigenvalue weighted by molar-refractivity contribution is 5.88. The second-order valence-corrected chi connectivity index (χ2v) is 23.0. The van der Waals surface area contributed by atoms with E-state index < -0.39 is 105 Å². The van der Waals surface area contributed by atoms with E-state index in [0.29, 0.717) is 25.2 Å². The maximum absolute atomic E-state index is 14.5. The van der Waals surface area contributed by atoms with E-state index in [4.69, 9.17) is 33.2 Å². The monoisotopic (exact) mass is 898 g/mol. The van der Waals surface area contributed by atoms with Crippen LogP contribution >= 0.6 is 0 Å². The Morgan fingerprint density at radius 1 is 0.667 bits per heavy atom. The summed E-state index contributed by atoms with van der Waals surface area (Å²) < 4.78 is 42.6. The number of fused-ring (bicyclic) bond motifs is 4. The van der Waals surface area contributed by atoms with E-state index in [1.165, 1.54) is 0 Å². The first-order valence-corrected chi connectivity index (χ1v) is 23.6. The van der Waals surface area contributed by atoms with Gasteiger partial charge in [0, 0.05) is 23.2 Å². The summed E-state index contributed by atoms with van der Waals surface area (Å²) in [6.07, 6.45) is -12.3. The van der Waals surface area contributed by atoms with Crippen LogP contribution in [0.2, 0.25) is 0 Å². The fourth-order valence-electron chi connectivity index (χ4n) is 15.7. The van der Waals surface area contributed by atoms with Crippen molar-refractivity contribution in [3.8, 4) is 0 Å². The van der Waals surface area contributed by atoms with Gasteiger partial charge in [0.1, 0.15) is 66.8 Å². The third-order valence-electron chi connectivity index (χ3n) is 19.6. The Morgan fingerprint density at radius 3 is 2.06 bits per heavy atom. The number of Topliss-reactive ketones (excluding diaryl/α,β-unsaturated/α-hetero) is 1. The molecular weight excluding hydrogens is 824 g/mol. The number of carbonyl (C=O) groups is 1. The molecule has 2 bridgehead atoms. The molecule has 9 aliphatic rings. The molecule has 4 aliphatic heterocycles. The van der Waals surface area contributed by atoms with Crippen molar-refractivity contribution in [1.29, 1.82) is 0 Å². The Morgan fingerprint density at radius 2 is 1.35 bits per heavy atom. The van der Waals surface area contributed by atoms with Crippen LogP contribution in [0.25, 0.3) is 0 Å². The molecular formula is C46H74O17. The van der Waals surface area contributed by atoms with E-state index in [9.17, 15) is 50.8 Å². The summed E-state index contributed by atoms with van der Waals surface area (Å²) in [5.74, 6) is 0.927. The molecule has 3 unspecified atom stereocenters. The van der Waals surface area contributed by atoms with Crippen LogP contribution in [0.1, 0.15) is 106 Å². The third-order valence-corrected chi connectivity index (χ3v) is 19.6. The van der Waals surface area contributed by atoms with E-state index >= 15 is 0 Å². The number of aliphatic hydroxyl groups is 9. The van der Waals surface area contributed by atoms with E-state index in [1.807, 2.05) is 0 Å². The lowest BCUT2D eigenvalue weighted by molar-refractivity contribution is -0.378. The lowest BCUT2D eigenvalue weighted by Gasteiger charge is -2.74. The summed E-state index contributed by atoms with van der Waals surface area (Å²) in [5, 5.41) is 96.5. The van der Waals surface area contributed by atoms with Gasteiger partial charge < -0.3 is 79.1 Å². The zero-order valence-electron chi connectivity index (χ0n) is 37.7. The molecule has 9 fully saturated rings. The van der Waals surface area contributed by atoms with Crippen LogP contribution in [-0.4, -0.2) is 176 Å². The number of ketones is 1. The molecule has 0 aromatic heterocycles. The summed E-state index contributed by atoms with van der Waals surface area (Å²) >= 11 is 0. The van der Waals surface area contributed by atoms with Crippen LogP contribution < -0.4 is 0 Å². The van der Waals surface area contributed by atoms with Gasteiger partial charge in [-0.3, -0.25) is 4.79 Å². The molecule has 5 aliphatic carbocycles. The van der Waals surface area contributed by atoms with Gasteiger partial charge in [-0.25, -0.2) is 0 Å². The average molecular weight is 899 g/mol. The second kappa shape index (κ2) is 16.1. The number of hydrogen-bond acceptors (Lipinski definition) is 17. The van der Waals surface area contributed by atoms with Crippen molar-refractivity contribution in [2.75, 3.05) is 33.0 Å². The fraction of sp³-hybridized carbons (Fsp3) is 0.978. The van der Waals surface area contributed by atoms with Crippen molar-refractivity contribution in [3.63, 3.8) is 0 Å². The first kappa shape index (κ1) is 47.1. The van der Waals surface area contributed by atoms with Gasteiger partial charge >= 0.3 is 0 Å². The lowest BCUT2D eigenvalue weighted by atomic mass is 9.30. The Labute approximate surface area is 369 Å². The fourth-order valence-corrected chi connectivity index (χ4v) is 15.7. The summed E-state index contributed by atoms with van der Waals surface area (Å²) in [4.78, 5) is 14.5. The number of rotatable bonds is 8.